The molecular formula is C15H15F3N4OS. The summed E-state index contributed by atoms with van der Waals surface area (Å²) in [6.07, 6.45) is 0.279. The Labute approximate surface area is 140 Å². The molecule has 0 unspecified atom stereocenters. The second kappa shape index (κ2) is 6.76. The number of nitrogens with zero attached hydrogens (tertiary/aromatic N) is 3. The first kappa shape index (κ1) is 16.7. The zero-order valence-corrected chi connectivity index (χ0v) is 13.5. The largest absolute Gasteiger partial charge is 0.434 e. The van der Waals surface area contributed by atoms with Crippen LogP contribution in [0.25, 0.3) is 0 Å². The van der Waals surface area contributed by atoms with Crippen LogP contribution in [0.5, 0.6) is 0 Å². The van der Waals surface area contributed by atoms with E-state index in [2.05, 4.69) is 15.3 Å². The molecule has 1 fully saturated rings. The molecule has 0 saturated carbocycles. The van der Waals surface area contributed by atoms with Gasteiger partial charge in [-0.05, 0) is 31.4 Å². The summed E-state index contributed by atoms with van der Waals surface area (Å²) >= 11 is 0.744. The fraction of sp³-hybridized carbons (Fsp3) is 0.400. The van der Waals surface area contributed by atoms with Crippen molar-refractivity contribution in [3.63, 3.8) is 0 Å². The number of pyridine rings is 1. The molecule has 1 amide bonds. The summed E-state index contributed by atoms with van der Waals surface area (Å²) in [5.74, 6) is 0.0500. The van der Waals surface area contributed by atoms with E-state index in [0.29, 0.717) is 11.4 Å². The molecule has 128 valence electrons. The van der Waals surface area contributed by atoms with Crippen LogP contribution in [0.1, 0.15) is 35.3 Å². The van der Waals surface area contributed by atoms with Crippen molar-refractivity contribution in [3.05, 3.63) is 35.0 Å². The van der Waals surface area contributed by atoms with E-state index in [4.69, 9.17) is 0 Å². The van der Waals surface area contributed by atoms with Crippen LogP contribution in [0, 0.1) is 0 Å². The number of nitrogens with one attached hydrogen (secondary N) is 1. The van der Waals surface area contributed by atoms with E-state index in [1.54, 1.807) is 18.3 Å². The predicted molar refractivity (Wildman–Crippen MR) is 85.4 cm³/mol. The van der Waals surface area contributed by atoms with Crippen molar-refractivity contribution in [2.24, 2.45) is 0 Å². The lowest BCUT2D eigenvalue weighted by atomic mass is 10.1. The molecule has 2 aromatic rings. The zero-order valence-electron chi connectivity index (χ0n) is 12.6. The predicted octanol–water partition coefficient (Wildman–Crippen LogP) is 3.80. The summed E-state index contributed by atoms with van der Waals surface area (Å²) in [7, 11) is 0. The van der Waals surface area contributed by atoms with E-state index in [9.17, 15) is 18.0 Å². The molecule has 3 rings (SSSR count). The number of alkyl halides is 3. The van der Waals surface area contributed by atoms with Crippen molar-refractivity contribution in [2.45, 2.75) is 25.4 Å². The van der Waals surface area contributed by atoms with E-state index < -0.39 is 17.8 Å². The minimum Gasteiger partial charge on any atom is -0.356 e. The Morgan fingerprint density at radius 2 is 2.00 bits per heavy atom. The SMILES string of the molecule is O=C(Nc1nc(C(F)(F)F)cs1)c1cccnc1N1CCCCC1. The normalized spacial score (nSPS) is 15.4. The van der Waals surface area contributed by atoms with Crippen LogP contribution in [-0.2, 0) is 6.18 Å². The molecule has 0 bridgehead atoms. The summed E-state index contributed by atoms with van der Waals surface area (Å²) in [4.78, 5) is 22.2. The van der Waals surface area contributed by atoms with Crippen molar-refractivity contribution in [1.29, 1.82) is 0 Å². The molecule has 24 heavy (non-hydrogen) atoms. The van der Waals surface area contributed by atoms with E-state index in [0.717, 1.165) is 49.1 Å². The Bertz CT molecular complexity index is 726. The topological polar surface area (TPSA) is 58.1 Å². The average Bonchev–Trinajstić information content (AvgIpc) is 3.04. The van der Waals surface area contributed by atoms with Crippen LogP contribution in [0.3, 0.4) is 0 Å². The van der Waals surface area contributed by atoms with E-state index in [-0.39, 0.29) is 5.13 Å². The highest BCUT2D eigenvalue weighted by Crippen LogP contribution is 2.32. The quantitative estimate of drug-likeness (QED) is 0.909. The third-order valence-electron chi connectivity index (χ3n) is 3.70. The van der Waals surface area contributed by atoms with E-state index in [1.165, 1.54) is 0 Å². The van der Waals surface area contributed by atoms with Crippen LogP contribution in [-0.4, -0.2) is 29.0 Å². The number of piperidine rings is 1. The first-order chi connectivity index (χ1) is 11.4. The highest BCUT2D eigenvalue weighted by Gasteiger charge is 2.34. The number of hydrogen-bond donors (Lipinski definition) is 1. The van der Waals surface area contributed by atoms with Gasteiger partial charge in [-0.15, -0.1) is 11.3 Å². The van der Waals surface area contributed by atoms with Gasteiger partial charge in [-0.3, -0.25) is 10.1 Å². The Morgan fingerprint density at radius 1 is 1.25 bits per heavy atom. The lowest BCUT2D eigenvalue weighted by Gasteiger charge is -2.28. The number of hydrogen-bond acceptors (Lipinski definition) is 5. The molecule has 0 aliphatic carbocycles. The number of carbonyl (C=O) groups is 1. The molecule has 0 spiro atoms. The highest BCUT2D eigenvalue weighted by atomic mass is 32.1. The van der Waals surface area contributed by atoms with E-state index in [1.807, 2.05) is 4.90 Å². The van der Waals surface area contributed by atoms with Gasteiger partial charge in [-0.25, -0.2) is 9.97 Å². The summed E-state index contributed by atoms with van der Waals surface area (Å²) < 4.78 is 37.8. The first-order valence-electron chi connectivity index (χ1n) is 7.49. The third kappa shape index (κ3) is 3.66. The average molecular weight is 356 g/mol. The van der Waals surface area contributed by atoms with Crippen molar-refractivity contribution in [1.82, 2.24) is 9.97 Å². The molecule has 0 radical (unpaired) electrons. The molecule has 1 N–H and O–H groups in total. The van der Waals surface area contributed by atoms with Crippen LogP contribution < -0.4 is 10.2 Å². The number of carbonyl (C=O) groups excluding carboxylic acids is 1. The molecule has 1 saturated heterocycles. The molecule has 1 aliphatic rings. The number of aromatic nitrogens is 2. The number of thiazole rings is 1. The van der Waals surface area contributed by atoms with Gasteiger partial charge in [0.25, 0.3) is 5.91 Å². The molecule has 3 heterocycles. The second-order valence-corrected chi connectivity index (χ2v) is 6.27. The van der Waals surface area contributed by atoms with Gasteiger partial charge < -0.3 is 4.90 Å². The standard InChI is InChI=1S/C15H15F3N4OS/c16-15(17,18)11-9-24-14(20-11)21-13(23)10-5-4-6-19-12(10)22-7-2-1-3-8-22/h4-6,9H,1-3,7-8H2,(H,20,21,23). The van der Waals surface area contributed by atoms with E-state index >= 15 is 0 Å². The van der Waals surface area contributed by atoms with Gasteiger partial charge in [-0.2, -0.15) is 13.2 Å². The molecule has 0 aromatic carbocycles. The fourth-order valence-corrected chi connectivity index (χ4v) is 3.27. The van der Waals surface area contributed by atoms with Gasteiger partial charge in [-0.1, -0.05) is 0 Å². The summed E-state index contributed by atoms with van der Waals surface area (Å²) in [6, 6.07) is 3.25. The lowest BCUT2D eigenvalue weighted by Crippen LogP contribution is -2.32. The van der Waals surface area contributed by atoms with Gasteiger partial charge in [0.05, 0.1) is 5.56 Å². The molecule has 0 atom stereocenters. The molecule has 2 aromatic heterocycles. The smallest absolute Gasteiger partial charge is 0.356 e. The maximum absolute atomic E-state index is 12.6. The first-order valence-corrected chi connectivity index (χ1v) is 8.37. The Balaban J connectivity index is 1.79. The minimum atomic E-state index is -4.52. The number of halogens is 3. The van der Waals surface area contributed by atoms with Crippen LogP contribution >= 0.6 is 11.3 Å². The molecular weight excluding hydrogens is 341 g/mol. The van der Waals surface area contributed by atoms with Crippen LogP contribution in [0.15, 0.2) is 23.7 Å². The Morgan fingerprint density at radius 3 is 2.67 bits per heavy atom. The van der Waals surface area contributed by atoms with Gasteiger partial charge >= 0.3 is 6.18 Å². The number of amides is 1. The van der Waals surface area contributed by atoms with Crippen molar-refractivity contribution in [2.75, 3.05) is 23.3 Å². The molecule has 9 heteroatoms. The summed E-state index contributed by atoms with van der Waals surface area (Å²) in [5, 5.41) is 3.23. The summed E-state index contributed by atoms with van der Waals surface area (Å²) in [6.45, 7) is 1.62. The van der Waals surface area contributed by atoms with Crippen LogP contribution in [0.4, 0.5) is 24.1 Å². The fourth-order valence-electron chi connectivity index (χ4n) is 2.56. The minimum absolute atomic E-state index is 0.0826. The van der Waals surface area contributed by atoms with Crippen molar-refractivity contribution >= 4 is 28.2 Å². The summed E-state index contributed by atoms with van der Waals surface area (Å²) in [5.41, 5.74) is -0.673. The Hall–Kier alpha value is -2.16. The third-order valence-corrected chi connectivity index (χ3v) is 4.46. The van der Waals surface area contributed by atoms with Crippen molar-refractivity contribution < 1.29 is 18.0 Å². The highest BCUT2D eigenvalue weighted by molar-refractivity contribution is 7.14. The number of rotatable bonds is 3. The van der Waals surface area contributed by atoms with Gasteiger partial charge in [0, 0.05) is 24.7 Å². The van der Waals surface area contributed by atoms with Gasteiger partial charge in [0.15, 0.2) is 10.8 Å². The molecule has 5 nitrogen and oxygen atoms in total. The molecule has 1 aliphatic heterocycles. The van der Waals surface area contributed by atoms with Crippen LogP contribution in [0.2, 0.25) is 0 Å². The second-order valence-electron chi connectivity index (χ2n) is 5.41. The maximum Gasteiger partial charge on any atom is 0.434 e. The maximum atomic E-state index is 12.6. The Kier molecular flexibility index (Phi) is 4.70. The number of anilines is 2. The zero-order chi connectivity index (χ0) is 17.2. The monoisotopic (exact) mass is 356 g/mol. The van der Waals surface area contributed by atoms with Gasteiger partial charge in [0.2, 0.25) is 0 Å². The van der Waals surface area contributed by atoms with Crippen molar-refractivity contribution in [3.8, 4) is 0 Å². The van der Waals surface area contributed by atoms with Gasteiger partial charge in [0.1, 0.15) is 5.82 Å². The lowest BCUT2D eigenvalue weighted by molar-refractivity contribution is -0.140.